The van der Waals surface area contributed by atoms with Gasteiger partial charge in [-0.2, -0.15) is 5.10 Å². The molecule has 0 amide bonds. The first-order valence-corrected chi connectivity index (χ1v) is 8.85. The first kappa shape index (κ1) is 17.7. The highest BCUT2D eigenvalue weighted by atomic mass is 19.1. The number of anilines is 1. The Balaban J connectivity index is 1.54. The second-order valence-corrected chi connectivity index (χ2v) is 6.30. The minimum Gasteiger partial charge on any atom is -0.497 e. The summed E-state index contributed by atoms with van der Waals surface area (Å²) in [6, 6.07) is 18.1. The summed E-state index contributed by atoms with van der Waals surface area (Å²) in [5, 5.41) is 10.5. The highest BCUT2D eigenvalue weighted by Crippen LogP contribution is 2.31. The zero-order chi connectivity index (χ0) is 19.3. The summed E-state index contributed by atoms with van der Waals surface area (Å²) in [5.41, 5.74) is 4.75. The largest absolute Gasteiger partial charge is 0.497 e. The molecule has 0 saturated carbocycles. The fourth-order valence-corrected chi connectivity index (χ4v) is 2.97. The average molecular weight is 374 g/mol. The Hall–Kier alpha value is -3.67. The van der Waals surface area contributed by atoms with Crippen LogP contribution >= 0.6 is 0 Å². The van der Waals surface area contributed by atoms with Crippen LogP contribution in [0.5, 0.6) is 5.75 Å². The summed E-state index contributed by atoms with van der Waals surface area (Å²) < 4.78 is 18.4. The number of rotatable bonds is 6. The van der Waals surface area contributed by atoms with E-state index in [2.05, 4.69) is 20.5 Å². The molecule has 0 fully saturated rings. The lowest BCUT2D eigenvalue weighted by Gasteiger charge is -2.09. The lowest BCUT2D eigenvalue weighted by molar-refractivity contribution is 0.414. The third kappa shape index (κ3) is 3.86. The second-order valence-electron chi connectivity index (χ2n) is 6.30. The molecule has 5 nitrogen and oxygen atoms in total. The Kier molecular flexibility index (Phi) is 5.01. The van der Waals surface area contributed by atoms with Crippen LogP contribution in [0.15, 0.2) is 73.1 Å². The van der Waals surface area contributed by atoms with Crippen molar-refractivity contribution in [2.75, 3.05) is 12.4 Å². The van der Waals surface area contributed by atoms with Crippen LogP contribution in [0, 0.1) is 5.82 Å². The zero-order valence-corrected chi connectivity index (χ0v) is 15.3. The lowest BCUT2D eigenvalue weighted by Crippen LogP contribution is -2.01. The number of ether oxygens (including phenoxy) is 1. The minimum atomic E-state index is -0.265. The maximum Gasteiger partial charge on any atom is 0.126 e. The number of pyridine rings is 1. The molecule has 0 unspecified atom stereocenters. The quantitative estimate of drug-likeness (QED) is 0.504. The van der Waals surface area contributed by atoms with Gasteiger partial charge in [-0.1, -0.05) is 12.1 Å². The van der Waals surface area contributed by atoms with E-state index in [9.17, 15) is 4.39 Å². The maximum atomic E-state index is 13.2. The van der Waals surface area contributed by atoms with Gasteiger partial charge >= 0.3 is 0 Å². The molecule has 2 N–H and O–H groups in total. The van der Waals surface area contributed by atoms with E-state index >= 15 is 0 Å². The first-order chi connectivity index (χ1) is 13.7. The van der Waals surface area contributed by atoms with Crippen molar-refractivity contribution in [2.45, 2.75) is 6.54 Å². The first-order valence-electron chi connectivity index (χ1n) is 8.85. The standard InChI is InChI=1S/C22H19FN4O/c1-28-19-8-2-15(3-9-19)13-25-21-12-17(10-11-24-21)20-14-26-27-22(20)16-4-6-18(23)7-5-16/h2-12,14H,13H2,1H3,(H,24,25)(H,26,27). The van der Waals surface area contributed by atoms with Crippen LogP contribution < -0.4 is 10.1 Å². The number of H-pyrrole nitrogens is 1. The third-order valence-electron chi connectivity index (χ3n) is 4.48. The summed E-state index contributed by atoms with van der Waals surface area (Å²) in [4.78, 5) is 4.40. The van der Waals surface area contributed by atoms with Crippen LogP contribution in [0.1, 0.15) is 5.56 Å². The average Bonchev–Trinajstić information content (AvgIpc) is 3.23. The van der Waals surface area contributed by atoms with Crippen molar-refractivity contribution in [3.05, 3.63) is 84.4 Å². The molecule has 0 aliphatic carbocycles. The number of nitrogens with zero attached hydrogens (tertiary/aromatic N) is 2. The summed E-state index contributed by atoms with van der Waals surface area (Å²) in [5.74, 6) is 1.33. The van der Waals surface area contributed by atoms with Gasteiger partial charge in [0.15, 0.2) is 0 Å². The van der Waals surface area contributed by atoms with Crippen molar-refractivity contribution in [3.63, 3.8) is 0 Å². The topological polar surface area (TPSA) is 62.8 Å². The van der Waals surface area contributed by atoms with Crippen LogP contribution in [0.3, 0.4) is 0 Å². The van der Waals surface area contributed by atoms with Crippen molar-refractivity contribution in [3.8, 4) is 28.1 Å². The Morgan fingerprint density at radius 1 is 1.00 bits per heavy atom. The Labute approximate surface area is 162 Å². The summed E-state index contributed by atoms with van der Waals surface area (Å²) in [7, 11) is 1.65. The van der Waals surface area contributed by atoms with Crippen molar-refractivity contribution in [2.24, 2.45) is 0 Å². The fourth-order valence-electron chi connectivity index (χ4n) is 2.97. The number of hydrogen-bond acceptors (Lipinski definition) is 4. The third-order valence-corrected chi connectivity index (χ3v) is 4.48. The molecule has 4 rings (SSSR count). The van der Waals surface area contributed by atoms with Crippen LogP contribution in [-0.4, -0.2) is 22.3 Å². The molecule has 0 spiro atoms. The maximum absolute atomic E-state index is 13.2. The fraction of sp³-hybridized carbons (Fsp3) is 0.0909. The molecule has 2 aromatic heterocycles. The van der Waals surface area contributed by atoms with Gasteiger partial charge in [-0.3, -0.25) is 5.10 Å². The number of aromatic nitrogens is 3. The smallest absolute Gasteiger partial charge is 0.126 e. The van der Waals surface area contributed by atoms with Crippen molar-refractivity contribution in [1.29, 1.82) is 0 Å². The van der Waals surface area contributed by atoms with E-state index < -0.39 is 0 Å². The summed E-state index contributed by atoms with van der Waals surface area (Å²) in [6.45, 7) is 0.649. The van der Waals surface area contributed by atoms with E-state index in [0.29, 0.717) is 6.54 Å². The summed E-state index contributed by atoms with van der Waals surface area (Å²) in [6.07, 6.45) is 3.52. The normalized spacial score (nSPS) is 10.6. The Morgan fingerprint density at radius 2 is 1.79 bits per heavy atom. The number of nitrogens with one attached hydrogen (secondary N) is 2. The molecular weight excluding hydrogens is 355 g/mol. The predicted octanol–water partition coefficient (Wildman–Crippen LogP) is 4.90. The van der Waals surface area contributed by atoms with Crippen molar-refractivity contribution < 1.29 is 9.13 Å². The molecule has 4 aromatic rings. The van der Waals surface area contributed by atoms with Crippen LogP contribution in [0.25, 0.3) is 22.4 Å². The van der Waals surface area contributed by atoms with E-state index in [1.165, 1.54) is 12.1 Å². The van der Waals surface area contributed by atoms with E-state index in [1.807, 2.05) is 36.4 Å². The van der Waals surface area contributed by atoms with Gasteiger partial charge in [0, 0.05) is 23.9 Å². The van der Waals surface area contributed by atoms with Gasteiger partial charge in [-0.15, -0.1) is 0 Å². The molecule has 0 aliphatic rings. The van der Waals surface area contributed by atoms with Gasteiger partial charge in [0.1, 0.15) is 17.4 Å². The summed E-state index contributed by atoms with van der Waals surface area (Å²) >= 11 is 0. The number of aromatic amines is 1. The Morgan fingerprint density at radius 3 is 2.54 bits per heavy atom. The van der Waals surface area contributed by atoms with E-state index in [1.54, 1.807) is 31.6 Å². The number of methoxy groups -OCH3 is 1. The highest BCUT2D eigenvalue weighted by molar-refractivity contribution is 5.81. The number of hydrogen-bond donors (Lipinski definition) is 2. The second kappa shape index (κ2) is 7.92. The minimum absolute atomic E-state index is 0.265. The molecule has 140 valence electrons. The predicted molar refractivity (Wildman–Crippen MR) is 108 cm³/mol. The molecule has 2 aromatic carbocycles. The van der Waals surface area contributed by atoms with E-state index in [0.717, 1.165) is 39.5 Å². The van der Waals surface area contributed by atoms with Gasteiger partial charge in [-0.05, 0) is 59.7 Å². The van der Waals surface area contributed by atoms with Crippen LogP contribution in [0.2, 0.25) is 0 Å². The molecule has 2 heterocycles. The monoisotopic (exact) mass is 374 g/mol. The van der Waals surface area contributed by atoms with Gasteiger partial charge < -0.3 is 10.1 Å². The van der Waals surface area contributed by atoms with E-state index in [4.69, 9.17) is 4.74 Å². The molecular formula is C22H19FN4O. The molecule has 0 aliphatic heterocycles. The van der Waals surface area contributed by atoms with Crippen LogP contribution in [0.4, 0.5) is 10.2 Å². The molecule has 0 radical (unpaired) electrons. The lowest BCUT2D eigenvalue weighted by atomic mass is 10.0. The van der Waals surface area contributed by atoms with Gasteiger partial charge in [0.2, 0.25) is 0 Å². The SMILES string of the molecule is COc1ccc(CNc2cc(-c3cn[nH]c3-c3ccc(F)cc3)ccn2)cc1. The number of halogens is 1. The number of benzene rings is 2. The molecule has 0 atom stereocenters. The Bertz CT molecular complexity index is 1060. The van der Waals surface area contributed by atoms with Crippen molar-refractivity contribution in [1.82, 2.24) is 15.2 Å². The van der Waals surface area contributed by atoms with Gasteiger partial charge in [0.25, 0.3) is 0 Å². The molecule has 28 heavy (non-hydrogen) atoms. The van der Waals surface area contributed by atoms with Gasteiger partial charge in [-0.25, -0.2) is 9.37 Å². The van der Waals surface area contributed by atoms with E-state index in [-0.39, 0.29) is 5.82 Å². The van der Waals surface area contributed by atoms with Crippen LogP contribution in [-0.2, 0) is 6.54 Å². The van der Waals surface area contributed by atoms with Gasteiger partial charge in [0.05, 0.1) is 19.0 Å². The molecule has 0 bridgehead atoms. The molecule has 6 heteroatoms. The van der Waals surface area contributed by atoms with Crippen molar-refractivity contribution >= 4 is 5.82 Å². The molecule has 0 saturated heterocycles. The highest BCUT2D eigenvalue weighted by Gasteiger charge is 2.11. The zero-order valence-electron chi connectivity index (χ0n) is 15.3.